The molecule has 0 unspecified atom stereocenters. The number of nitrogens with zero attached hydrogens (tertiary/aromatic N) is 4. The highest BCUT2D eigenvalue weighted by atomic mass is 19.1. The molecule has 32 heavy (non-hydrogen) atoms. The van der Waals surface area contributed by atoms with E-state index in [2.05, 4.69) is 26.0 Å². The highest BCUT2D eigenvalue weighted by Gasteiger charge is 2.49. The average molecular weight is 431 g/mol. The summed E-state index contributed by atoms with van der Waals surface area (Å²) < 4.78 is 15.0. The summed E-state index contributed by atoms with van der Waals surface area (Å²) in [7, 11) is 3.65. The molecule has 1 aliphatic carbocycles. The van der Waals surface area contributed by atoms with Gasteiger partial charge in [0.25, 0.3) is 5.91 Å². The van der Waals surface area contributed by atoms with Crippen molar-refractivity contribution in [2.45, 2.75) is 18.4 Å². The Morgan fingerprint density at radius 2 is 1.81 bits per heavy atom. The predicted octanol–water partition coefficient (Wildman–Crippen LogP) is 3.46. The van der Waals surface area contributed by atoms with Gasteiger partial charge in [0.05, 0.1) is 46.1 Å². The number of nitrogens with one attached hydrogen (secondary N) is 3. The average Bonchev–Trinajstić information content (AvgIpc) is 3.47. The minimum absolute atomic E-state index is 0.238. The van der Waals surface area contributed by atoms with Crippen LogP contribution in [0.1, 0.15) is 28.9 Å². The number of hydrogen-bond acceptors (Lipinski definition) is 6. The van der Waals surface area contributed by atoms with Crippen LogP contribution in [0.2, 0.25) is 0 Å². The number of fused-ring (bicyclic) bond motifs is 1. The smallest absolute Gasteiger partial charge is 0.254 e. The number of benzene rings is 1. The fourth-order valence-electron chi connectivity index (χ4n) is 3.91. The maximum Gasteiger partial charge on any atom is 0.254 e. The molecule has 9 heteroatoms. The van der Waals surface area contributed by atoms with Gasteiger partial charge in [-0.15, -0.1) is 0 Å². The molecule has 3 aromatic heterocycles. The molecule has 1 fully saturated rings. The molecule has 1 saturated carbocycles. The maximum atomic E-state index is 13.3. The Kier molecular flexibility index (Phi) is 4.73. The van der Waals surface area contributed by atoms with Crippen LogP contribution in [0.3, 0.4) is 0 Å². The second kappa shape index (κ2) is 7.60. The van der Waals surface area contributed by atoms with Gasteiger partial charge in [-0.25, -0.2) is 14.1 Å². The van der Waals surface area contributed by atoms with Gasteiger partial charge in [0, 0.05) is 25.7 Å². The molecule has 5 rings (SSSR count). The van der Waals surface area contributed by atoms with Gasteiger partial charge in [0.1, 0.15) is 11.6 Å². The number of aromatic nitrogens is 4. The standard InChI is InChI=1S/C23H22FN7O/c1-25-18-7-8-20(26-2)29-21(18)23(9-10-23)30-22(32)17-11-27-13-19-16(17)12-28-31(19)15-5-3-14(24)4-6-15/h3-8,11-13,25H,9-10H2,1-2H3,(H,26,29)(H,30,32). The molecule has 0 radical (unpaired) electrons. The molecule has 0 bridgehead atoms. The summed E-state index contributed by atoms with van der Waals surface area (Å²) >= 11 is 0. The maximum absolute atomic E-state index is 13.3. The van der Waals surface area contributed by atoms with E-state index in [4.69, 9.17) is 4.98 Å². The number of carbonyl (C=O) groups is 1. The molecule has 4 aromatic rings. The summed E-state index contributed by atoms with van der Waals surface area (Å²) in [4.78, 5) is 22.3. The lowest BCUT2D eigenvalue weighted by Crippen LogP contribution is -2.36. The summed E-state index contributed by atoms with van der Waals surface area (Å²) in [6.07, 6.45) is 6.42. The lowest BCUT2D eigenvalue weighted by atomic mass is 10.1. The number of anilines is 2. The van der Waals surface area contributed by atoms with Gasteiger partial charge in [-0.2, -0.15) is 5.10 Å². The first-order valence-electron chi connectivity index (χ1n) is 10.3. The van der Waals surface area contributed by atoms with Gasteiger partial charge in [-0.05, 0) is 49.2 Å². The Morgan fingerprint density at radius 3 is 2.50 bits per heavy atom. The first-order chi connectivity index (χ1) is 15.5. The van der Waals surface area contributed by atoms with Crippen molar-refractivity contribution >= 4 is 28.3 Å². The number of halogens is 1. The number of hydrogen-bond donors (Lipinski definition) is 3. The highest BCUT2D eigenvalue weighted by molar-refractivity contribution is 6.06. The molecule has 0 spiro atoms. The second-order valence-electron chi connectivity index (χ2n) is 7.78. The largest absolute Gasteiger partial charge is 0.387 e. The van der Waals surface area contributed by atoms with E-state index in [1.807, 2.05) is 26.2 Å². The number of carbonyl (C=O) groups excluding carboxylic acids is 1. The summed E-state index contributed by atoms with van der Waals surface area (Å²) in [6, 6.07) is 9.85. The minimum Gasteiger partial charge on any atom is -0.387 e. The summed E-state index contributed by atoms with van der Waals surface area (Å²) in [5.41, 5.74) is 2.94. The quantitative estimate of drug-likeness (QED) is 0.433. The third-order valence-corrected chi connectivity index (χ3v) is 5.79. The Balaban J connectivity index is 1.49. The first-order valence-corrected chi connectivity index (χ1v) is 10.3. The molecule has 1 aliphatic rings. The molecule has 1 amide bonds. The summed E-state index contributed by atoms with van der Waals surface area (Å²) in [5.74, 6) is 0.178. The van der Waals surface area contributed by atoms with Crippen molar-refractivity contribution in [2.75, 3.05) is 24.7 Å². The van der Waals surface area contributed by atoms with Crippen molar-refractivity contribution in [3.63, 3.8) is 0 Å². The normalized spacial score (nSPS) is 14.2. The number of pyridine rings is 2. The topological polar surface area (TPSA) is 96.8 Å². The van der Waals surface area contributed by atoms with Crippen molar-refractivity contribution in [1.29, 1.82) is 0 Å². The SMILES string of the molecule is CNc1ccc(NC)c(C2(NC(=O)c3cncc4c3cnn4-c3ccc(F)cc3)CC2)n1. The van der Waals surface area contributed by atoms with E-state index >= 15 is 0 Å². The Morgan fingerprint density at radius 1 is 1.03 bits per heavy atom. The van der Waals surface area contributed by atoms with Crippen LogP contribution < -0.4 is 16.0 Å². The van der Waals surface area contributed by atoms with E-state index in [0.29, 0.717) is 22.2 Å². The number of rotatable bonds is 6. The molecule has 3 N–H and O–H groups in total. The summed E-state index contributed by atoms with van der Waals surface area (Å²) in [6.45, 7) is 0. The second-order valence-corrected chi connectivity index (χ2v) is 7.78. The zero-order chi connectivity index (χ0) is 22.3. The van der Waals surface area contributed by atoms with Crippen LogP contribution in [0.25, 0.3) is 16.6 Å². The molecule has 1 aromatic carbocycles. The monoisotopic (exact) mass is 431 g/mol. The molecule has 0 saturated heterocycles. The van der Waals surface area contributed by atoms with E-state index in [1.165, 1.54) is 12.1 Å². The molecular formula is C23H22FN7O. The van der Waals surface area contributed by atoms with Gasteiger partial charge in [-0.3, -0.25) is 9.78 Å². The lowest BCUT2D eigenvalue weighted by Gasteiger charge is -2.21. The van der Waals surface area contributed by atoms with Crippen LogP contribution in [-0.2, 0) is 5.54 Å². The summed E-state index contributed by atoms with van der Waals surface area (Å²) in [5, 5.41) is 14.5. The zero-order valence-electron chi connectivity index (χ0n) is 17.7. The van der Waals surface area contributed by atoms with Crippen molar-refractivity contribution in [2.24, 2.45) is 0 Å². The van der Waals surface area contributed by atoms with Crippen LogP contribution in [0.4, 0.5) is 15.9 Å². The Bertz CT molecular complexity index is 1310. The minimum atomic E-state index is -0.530. The zero-order valence-corrected chi connectivity index (χ0v) is 17.7. The third-order valence-electron chi connectivity index (χ3n) is 5.79. The highest BCUT2D eigenvalue weighted by Crippen LogP contribution is 2.48. The van der Waals surface area contributed by atoms with Gasteiger partial charge in [-0.1, -0.05) is 0 Å². The molecular weight excluding hydrogens is 409 g/mol. The van der Waals surface area contributed by atoms with Crippen molar-refractivity contribution in [3.05, 3.63) is 72.1 Å². The Hall–Kier alpha value is -4.01. The third kappa shape index (κ3) is 3.31. The molecule has 3 heterocycles. The van der Waals surface area contributed by atoms with Crippen LogP contribution in [0.5, 0.6) is 0 Å². The van der Waals surface area contributed by atoms with Gasteiger partial charge in [0.2, 0.25) is 0 Å². The number of amides is 1. The fourth-order valence-corrected chi connectivity index (χ4v) is 3.91. The van der Waals surface area contributed by atoms with Gasteiger partial charge >= 0.3 is 0 Å². The predicted molar refractivity (Wildman–Crippen MR) is 121 cm³/mol. The molecule has 0 aliphatic heterocycles. The molecule has 162 valence electrons. The van der Waals surface area contributed by atoms with Gasteiger partial charge < -0.3 is 16.0 Å². The Labute approximate surface area is 183 Å². The van der Waals surface area contributed by atoms with Crippen LogP contribution in [0.15, 0.2) is 55.0 Å². The van der Waals surface area contributed by atoms with E-state index in [-0.39, 0.29) is 11.7 Å². The van der Waals surface area contributed by atoms with Crippen molar-refractivity contribution in [1.82, 2.24) is 25.1 Å². The van der Waals surface area contributed by atoms with E-state index in [9.17, 15) is 9.18 Å². The molecule has 0 atom stereocenters. The molecule has 8 nitrogen and oxygen atoms in total. The van der Waals surface area contributed by atoms with Gasteiger partial charge in [0.15, 0.2) is 0 Å². The van der Waals surface area contributed by atoms with E-state index in [1.54, 1.807) is 35.4 Å². The van der Waals surface area contributed by atoms with Crippen LogP contribution in [-0.4, -0.2) is 39.8 Å². The first kappa shape index (κ1) is 19.9. The fraction of sp³-hybridized carbons (Fsp3) is 0.217. The van der Waals surface area contributed by atoms with E-state index < -0.39 is 5.54 Å². The van der Waals surface area contributed by atoms with E-state index in [0.717, 1.165) is 30.0 Å². The van der Waals surface area contributed by atoms with Crippen molar-refractivity contribution < 1.29 is 9.18 Å². The van der Waals surface area contributed by atoms with Crippen LogP contribution >= 0.6 is 0 Å². The van der Waals surface area contributed by atoms with Crippen LogP contribution in [0, 0.1) is 5.82 Å². The van der Waals surface area contributed by atoms with Crippen molar-refractivity contribution in [3.8, 4) is 5.69 Å². The lowest BCUT2D eigenvalue weighted by molar-refractivity contribution is 0.0931.